The van der Waals surface area contributed by atoms with E-state index in [1.165, 1.54) is 6.33 Å². The molecule has 10 nitrogen and oxygen atoms in total. The van der Waals surface area contributed by atoms with Crippen LogP contribution in [0.3, 0.4) is 0 Å². The number of hydrogen-bond acceptors (Lipinski definition) is 6. The first-order valence-corrected chi connectivity index (χ1v) is 17.9. The second-order valence-electron chi connectivity index (χ2n) is 13.0. The number of benzene rings is 3. The first-order valence-electron chi connectivity index (χ1n) is 17.2. The van der Waals surface area contributed by atoms with Crippen LogP contribution in [0.5, 0.6) is 0 Å². The SMILES string of the molecule is O=C(Nc1cccnc1N1CCC(N2CCOCC2=O)CC1)c1[nH]c2cc(Cl)ccc2c1-c1c(-c2ccccc2)ncn1Cc1c(F)cc(Cl)cc1F. The minimum Gasteiger partial charge on any atom is -0.370 e. The lowest BCUT2D eigenvalue weighted by Gasteiger charge is -2.40. The van der Waals surface area contributed by atoms with Gasteiger partial charge < -0.3 is 29.4 Å². The van der Waals surface area contributed by atoms with Gasteiger partial charge in [0.15, 0.2) is 5.82 Å². The summed E-state index contributed by atoms with van der Waals surface area (Å²) in [4.78, 5) is 43.7. The molecule has 53 heavy (non-hydrogen) atoms. The highest BCUT2D eigenvalue weighted by atomic mass is 35.5. The molecule has 8 rings (SSSR count). The Kier molecular flexibility index (Phi) is 9.59. The molecule has 0 saturated carbocycles. The Morgan fingerprint density at radius 2 is 1.72 bits per heavy atom. The normalized spacial score (nSPS) is 15.4. The van der Waals surface area contributed by atoms with Crippen LogP contribution in [-0.4, -0.2) is 75.1 Å². The van der Waals surface area contributed by atoms with Crippen LogP contribution in [0.1, 0.15) is 28.9 Å². The lowest BCUT2D eigenvalue weighted by Crippen LogP contribution is -2.52. The molecule has 2 saturated heterocycles. The van der Waals surface area contributed by atoms with Crippen LogP contribution >= 0.6 is 23.2 Å². The molecule has 0 atom stereocenters. The molecule has 0 unspecified atom stereocenters. The Balaban J connectivity index is 1.18. The van der Waals surface area contributed by atoms with Crippen LogP contribution in [0.4, 0.5) is 20.3 Å². The number of halogens is 4. The number of aromatic amines is 1. The first kappa shape index (κ1) is 34.8. The highest BCUT2D eigenvalue weighted by Gasteiger charge is 2.32. The predicted octanol–water partition coefficient (Wildman–Crippen LogP) is 7.81. The molecule has 2 fully saturated rings. The summed E-state index contributed by atoms with van der Waals surface area (Å²) >= 11 is 12.4. The molecular formula is C39H33Cl2F2N7O3. The molecule has 0 aliphatic carbocycles. The summed E-state index contributed by atoms with van der Waals surface area (Å²) in [6.45, 7) is 2.28. The van der Waals surface area contributed by atoms with Crippen LogP contribution in [-0.2, 0) is 16.1 Å². The van der Waals surface area contributed by atoms with Crippen LogP contribution in [0.2, 0.25) is 10.0 Å². The van der Waals surface area contributed by atoms with E-state index in [4.69, 9.17) is 32.9 Å². The van der Waals surface area contributed by atoms with Crippen LogP contribution in [0.15, 0.2) is 85.3 Å². The van der Waals surface area contributed by atoms with E-state index < -0.39 is 17.5 Å². The van der Waals surface area contributed by atoms with Crippen LogP contribution in [0.25, 0.3) is 33.4 Å². The molecule has 3 aromatic heterocycles. The fourth-order valence-electron chi connectivity index (χ4n) is 7.29. The molecule has 6 aromatic rings. The largest absolute Gasteiger partial charge is 0.370 e. The number of anilines is 2. The van der Waals surface area contributed by atoms with Gasteiger partial charge in [0.2, 0.25) is 5.91 Å². The van der Waals surface area contributed by atoms with Gasteiger partial charge in [-0.2, -0.15) is 0 Å². The lowest BCUT2D eigenvalue weighted by atomic mass is 10.0. The zero-order valence-corrected chi connectivity index (χ0v) is 29.8. The molecule has 2 amide bonds. The maximum Gasteiger partial charge on any atom is 0.272 e. The summed E-state index contributed by atoms with van der Waals surface area (Å²) in [5.74, 6) is -1.45. The van der Waals surface area contributed by atoms with Crippen molar-refractivity contribution in [2.75, 3.05) is 43.1 Å². The number of carbonyl (C=O) groups is 2. The second-order valence-corrected chi connectivity index (χ2v) is 13.9. The summed E-state index contributed by atoms with van der Waals surface area (Å²) in [7, 11) is 0. The van der Waals surface area contributed by atoms with E-state index in [1.807, 2.05) is 35.2 Å². The molecule has 0 radical (unpaired) electrons. The van der Waals surface area contributed by atoms with E-state index in [9.17, 15) is 9.59 Å². The molecule has 0 bridgehead atoms. The van der Waals surface area contributed by atoms with Crippen molar-refractivity contribution in [1.29, 1.82) is 0 Å². The molecular weight excluding hydrogens is 723 g/mol. The number of imidazole rings is 1. The maximum absolute atomic E-state index is 15.2. The smallest absolute Gasteiger partial charge is 0.272 e. The number of fused-ring (bicyclic) bond motifs is 1. The number of pyridine rings is 1. The molecule has 2 N–H and O–H groups in total. The Bertz CT molecular complexity index is 2320. The number of hydrogen-bond donors (Lipinski definition) is 2. The summed E-state index contributed by atoms with van der Waals surface area (Å²) < 4.78 is 37.3. The molecule has 5 heterocycles. The van der Waals surface area contributed by atoms with Gasteiger partial charge in [-0.05, 0) is 49.2 Å². The average molecular weight is 757 g/mol. The van der Waals surface area contributed by atoms with Crippen LogP contribution in [0, 0.1) is 11.6 Å². The molecule has 14 heteroatoms. The monoisotopic (exact) mass is 755 g/mol. The Morgan fingerprint density at radius 1 is 0.943 bits per heavy atom. The first-order chi connectivity index (χ1) is 25.7. The minimum absolute atomic E-state index is 0.0103. The van der Waals surface area contributed by atoms with Gasteiger partial charge in [-0.25, -0.2) is 18.7 Å². The van der Waals surface area contributed by atoms with E-state index >= 15 is 8.78 Å². The maximum atomic E-state index is 15.2. The van der Waals surface area contributed by atoms with Crippen molar-refractivity contribution in [3.05, 3.63) is 118 Å². The fourth-order valence-corrected chi connectivity index (χ4v) is 7.65. The van der Waals surface area contributed by atoms with Gasteiger partial charge >= 0.3 is 0 Å². The molecule has 2 aliphatic rings. The number of nitrogens with one attached hydrogen (secondary N) is 2. The zero-order chi connectivity index (χ0) is 36.6. The van der Waals surface area contributed by atoms with Crippen molar-refractivity contribution in [1.82, 2.24) is 24.4 Å². The van der Waals surface area contributed by atoms with Crippen molar-refractivity contribution in [2.24, 2.45) is 0 Å². The molecule has 3 aromatic carbocycles. The number of nitrogens with zero attached hydrogens (tertiary/aromatic N) is 5. The number of amides is 2. The van der Waals surface area contributed by atoms with Crippen molar-refractivity contribution in [2.45, 2.75) is 25.4 Å². The van der Waals surface area contributed by atoms with Gasteiger partial charge in [0.05, 0.1) is 36.6 Å². The molecule has 0 spiro atoms. The van der Waals surface area contributed by atoms with Crippen molar-refractivity contribution >= 4 is 57.4 Å². The number of ether oxygens (including phenoxy) is 1. The summed E-state index contributed by atoms with van der Waals surface area (Å²) in [5, 5.41) is 4.14. The molecule has 2 aliphatic heterocycles. The molecule has 270 valence electrons. The van der Waals surface area contributed by atoms with Gasteiger partial charge in [-0.15, -0.1) is 0 Å². The third-order valence-corrected chi connectivity index (χ3v) is 10.3. The highest BCUT2D eigenvalue weighted by molar-refractivity contribution is 6.31. The van der Waals surface area contributed by atoms with E-state index in [-0.39, 0.29) is 41.4 Å². The average Bonchev–Trinajstić information content (AvgIpc) is 3.74. The van der Waals surface area contributed by atoms with Crippen molar-refractivity contribution in [3.63, 3.8) is 0 Å². The van der Waals surface area contributed by atoms with E-state index in [0.717, 1.165) is 30.5 Å². The van der Waals surface area contributed by atoms with Crippen molar-refractivity contribution in [3.8, 4) is 22.5 Å². The Morgan fingerprint density at radius 3 is 2.47 bits per heavy atom. The quantitative estimate of drug-likeness (QED) is 0.164. The second kappa shape index (κ2) is 14.6. The third-order valence-electron chi connectivity index (χ3n) is 9.81. The minimum atomic E-state index is -0.802. The van der Waals surface area contributed by atoms with E-state index in [1.54, 1.807) is 41.1 Å². The highest BCUT2D eigenvalue weighted by Crippen LogP contribution is 2.40. The fraction of sp³-hybridized carbons (Fsp3) is 0.231. The number of aromatic nitrogens is 4. The number of H-pyrrole nitrogens is 1. The Labute approximate surface area is 313 Å². The number of piperidine rings is 1. The van der Waals surface area contributed by atoms with Gasteiger partial charge in [0, 0.05) is 69.5 Å². The van der Waals surface area contributed by atoms with Crippen molar-refractivity contribution < 1.29 is 23.1 Å². The standard InChI is InChI=1S/C39H33Cl2F2N7O3/c40-24-8-9-27-32(19-24)46-36(39(52)47-31-7-4-12-44-38(31)48-13-10-26(11-14-48)50-15-16-53-21-33(50)51)34(27)37-35(23-5-2-1-3-6-23)45-22-49(37)20-28-29(42)17-25(41)18-30(28)43/h1-9,12,17-19,22,26,46H,10-11,13-16,20-21H2,(H,47,52). The van der Waals surface area contributed by atoms with Gasteiger partial charge in [-0.1, -0.05) is 59.6 Å². The third kappa shape index (κ3) is 6.85. The zero-order valence-electron chi connectivity index (χ0n) is 28.3. The van der Waals surface area contributed by atoms with Gasteiger partial charge in [-0.3, -0.25) is 9.59 Å². The number of morpholine rings is 1. The van der Waals surface area contributed by atoms with E-state index in [2.05, 4.69) is 20.2 Å². The Hall–Kier alpha value is -5.30. The summed E-state index contributed by atoms with van der Waals surface area (Å²) in [6, 6.07) is 20.4. The van der Waals surface area contributed by atoms with E-state index in [0.29, 0.717) is 70.6 Å². The van der Waals surface area contributed by atoms with Gasteiger partial charge in [0.1, 0.15) is 23.9 Å². The number of rotatable bonds is 8. The number of carbonyl (C=O) groups excluding carboxylic acids is 2. The summed E-state index contributed by atoms with van der Waals surface area (Å²) in [5.41, 5.74) is 3.26. The predicted molar refractivity (Wildman–Crippen MR) is 200 cm³/mol. The lowest BCUT2D eigenvalue weighted by molar-refractivity contribution is -0.146. The topological polar surface area (TPSA) is 108 Å². The summed E-state index contributed by atoms with van der Waals surface area (Å²) in [6.07, 6.45) is 4.70. The van der Waals surface area contributed by atoms with Gasteiger partial charge in [0.25, 0.3) is 5.91 Å². The van der Waals surface area contributed by atoms with Crippen LogP contribution < -0.4 is 10.2 Å².